The van der Waals surface area contributed by atoms with Gasteiger partial charge in [0.05, 0.1) is 0 Å². The van der Waals surface area contributed by atoms with Crippen LogP contribution < -0.4 is 4.90 Å². The fourth-order valence-electron chi connectivity index (χ4n) is 3.46. The Morgan fingerprint density at radius 3 is 2.47 bits per heavy atom. The van der Waals surface area contributed by atoms with E-state index < -0.39 is 26.7 Å². The summed E-state index contributed by atoms with van der Waals surface area (Å²) in [5.74, 6) is -1.12. The fourth-order valence-corrected chi connectivity index (χ4v) is 4.44. The minimum atomic E-state index is -4.05. The summed E-state index contributed by atoms with van der Waals surface area (Å²) in [4.78, 5) is 14.2. The maximum Gasteiger partial charge on any atom is 0.336 e. The molecule has 1 amide bonds. The number of fused-ring (bicyclic) bond motifs is 1. The first-order chi connectivity index (χ1) is 14.1. The quantitative estimate of drug-likeness (QED) is 0.636. The minimum Gasteiger partial charge on any atom is -0.408 e. The first kappa shape index (κ1) is 20.3. The smallest absolute Gasteiger partial charge is 0.336 e. The molecule has 1 aliphatic heterocycles. The predicted octanol–water partition coefficient (Wildman–Crippen LogP) is 3.40. The molecule has 1 aromatic heterocycles. The van der Waals surface area contributed by atoms with E-state index in [4.69, 9.17) is 4.42 Å². The van der Waals surface area contributed by atoms with Crippen molar-refractivity contribution in [3.8, 4) is 11.5 Å². The molecule has 0 fully saturated rings. The first-order valence-corrected chi connectivity index (χ1v) is 11.4. The van der Waals surface area contributed by atoms with E-state index >= 15 is 0 Å². The lowest BCUT2D eigenvalue weighted by atomic mass is 9.87. The van der Waals surface area contributed by atoms with Crippen LogP contribution in [0.2, 0.25) is 0 Å². The third-order valence-corrected chi connectivity index (χ3v) is 6.50. The molecule has 4 rings (SSSR count). The zero-order chi connectivity index (χ0) is 21.5. The highest BCUT2D eigenvalue weighted by Crippen LogP contribution is 2.29. The molecule has 156 valence electrons. The number of aromatic nitrogens is 2. The summed E-state index contributed by atoms with van der Waals surface area (Å²) in [6.45, 7) is 6.78. The second kappa shape index (κ2) is 7.36. The van der Waals surface area contributed by atoms with Crippen molar-refractivity contribution in [2.24, 2.45) is 0 Å². The number of hydrogen-bond donors (Lipinski definition) is 0. The molecular weight excluding hydrogens is 402 g/mol. The normalized spacial score (nSPS) is 14.0. The van der Waals surface area contributed by atoms with Gasteiger partial charge in [-0.3, -0.25) is 4.79 Å². The maximum atomic E-state index is 12.7. The lowest BCUT2D eigenvalue weighted by molar-refractivity contribution is -0.116. The topological polar surface area (TPSA) is 93.4 Å². The molecule has 0 spiro atoms. The maximum absolute atomic E-state index is 12.7. The van der Waals surface area contributed by atoms with Crippen LogP contribution in [0.1, 0.15) is 31.9 Å². The standard InChI is InChI=1S/C22H23N3O4S/c1-22(2,3)17-10-8-16(9-11-17)20-23-24-21(29-20)30(27,28)14-19(26)25-13-12-15-6-4-5-7-18(15)25/h4-11H,12-14H2,1-3H3. The zero-order valence-electron chi connectivity index (χ0n) is 17.1. The van der Waals surface area contributed by atoms with Crippen LogP contribution >= 0.6 is 0 Å². The molecule has 0 bridgehead atoms. The van der Waals surface area contributed by atoms with Crippen molar-refractivity contribution in [2.45, 2.75) is 37.8 Å². The molecule has 3 aromatic rings. The highest BCUT2D eigenvalue weighted by atomic mass is 32.2. The Morgan fingerprint density at radius 1 is 1.07 bits per heavy atom. The van der Waals surface area contributed by atoms with Crippen LogP contribution in [0.25, 0.3) is 11.5 Å². The van der Waals surface area contributed by atoms with Crippen molar-refractivity contribution in [3.05, 3.63) is 59.7 Å². The van der Waals surface area contributed by atoms with Crippen LogP contribution in [0.15, 0.2) is 58.2 Å². The Balaban J connectivity index is 1.52. The molecule has 0 saturated carbocycles. The summed E-state index contributed by atoms with van der Waals surface area (Å²) in [6, 6.07) is 15.0. The van der Waals surface area contributed by atoms with Gasteiger partial charge < -0.3 is 9.32 Å². The van der Waals surface area contributed by atoms with Gasteiger partial charge in [-0.05, 0) is 41.2 Å². The van der Waals surface area contributed by atoms with Crippen LogP contribution in [0, 0.1) is 0 Å². The number of rotatable bonds is 4. The molecule has 8 heteroatoms. The van der Waals surface area contributed by atoms with Gasteiger partial charge in [0, 0.05) is 17.8 Å². The highest BCUT2D eigenvalue weighted by molar-refractivity contribution is 7.91. The number of sulfone groups is 1. The van der Waals surface area contributed by atoms with E-state index in [1.807, 2.05) is 48.5 Å². The zero-order valence-corrected chi connectivity index (χ0v) is 17.9. The molecule has 30 heavy (non-hydrogen) atoms. The number of carbonyl (C=O) groups is 1. The monoisotopic (exact) mass is 425 g/mol. The van der Waals surface area contributed by atoms with Crippen LogP contribution in [-0.4, -0.2) is 36.8 Å². The molecule has 0 atom stereocenters. The van der Waals surface area contributed by atoms with E-state index in [9.17, 15) is 13.2 Å². The van der Waals surface area contributed by atoms with Crippen molar-refractivity contribution in [1.29, 1.82) is 0 Å². The van der Waals surface area contributed by atoms with E-state index in [1.54, 1.807) is 0 Å². The number of para-hydroxylation sites is 1. The number of nitrogens with zero attached hydrogens (tertiary/aromatic N) is 3. The van der Waals surface area contributed by atoms with Crippen LogP contribution in [-0.2, 0) is 26.5 Å². The number of amides is 1. The molecule has 0 aliphatic carbocycles. The third-order valence-electron chi connectivity index (χ3n) is 5.17. The molecule has 2 heterocycles. The molecule has 1 aliphatic rings. The van der Waals surface area contributed by atoms with Gasteiger partial charge in [-0.15, -0.1) is 5.10 Å². The van der Waals surface area contributed by atoms with E-state index in [2.05, 4.69) is 31.0 Å². The largest absolute Gasteiger partial charge is 0.408 e. The second-order valence-corrected chi connectivity index (χ2v) is 10.3. The van der Waals surface area contributed by atoms with Gasteiger partial charge in [-0.25, -0.2) is 8.42 Å². The van der Waals surface area contributed by atoms with E-state index in [0.717, 1.165) is 16.8 Å². The summed E-state index contributed by atoms with van der Waals surface area (Å²) < 4.78 is 30.8. The Bertz CT molecular complexity index is 1190. The van der Waals surface area contributed by atoms with Crippen LogP contribution in [0.5, 0.6) is 0 Å². The van der Waals surface area contributed by atoms with Gasteiger partial charge in [-0.1, -0.05) is 56.2 Å². The lowest BCUT2D eigenvalue weighted by Gasteiger charge is -2.18. The molecule has 0 N–H and O–H groups in total. The van der Waals surface area contributed by atoms with Gasteiger partial charge in [-0.2, -0.15) is 0 Å². The van der Waals surface area contributed by atoms with Crippen molar-refractivity contribution in [1.82, 2.24) is 10.2 Å². The fraction of sp³-hybridized carbons (Fsp3) is 0.318. The number of hydrogen-bond acceptors (Lipinski definition) is 6. The number of benzene rings is 2. The van der Waals surface area contributed by atoms with Gasteiger partial charge in [0.15, 0.2) is 0 Å². The van der Waals surface area contributed by atoms with Crippen LogP contribution in [0.4, 0.5) is 5.69 Å². The van der Waals surface area contributed by atoms with Crippen molar-refractivity contribution < 1.29 is 17.6 Å². The highest BCUT2D eigenvalue weighted by Gasteiger charge is 2.32. The molecule has 7 nitrogen and oxygen atoms in total. The van der Waals surface area contributed by atoms with Crippen LogP contribution in [0.3, 0.4) is 0 Å². The van der Waals surface area contributed by atoms with Gasteiger partial charge in [0.1, 0.15) is 5.75 Å². The number of carbonyl (C=O) groups excluding carboxylic acids is 1. The summed E-state index contributed by atoms with van der Waals surface area (Å²) >= 11 is 0. The Hall–Kier alpha value is -3.00. The van der Waals surface area contributed by atoms with Crippen molar-refractivity contribution in [3.63, 3.8) is 0 Å². The SMILES string of the molecule is CC(C)(C)c1ccc(-c2nnc(S(=O)(=O)CC(=O)N3CCc4ccccc43)o2)cc1. The van der Waals surface area contributed by atoms with E-state index in [1.165, 1.54) is 4.90 Å². The average molecular weight is 426 g/mol. The molecular formula is C22H23N3O4S. The molecule has 0 unspecified atom stereocenters. The lowest BCUT2D eigenvalue weighted by Crippen LogP contribution is -2.34. The summed E-state index contributed by atoms with van der Waals surface area (Å²) in [7, 11) is -4.05. The molecule has 2 aromatic carbocycles. The van der Waals surface area contributed by atoms with E-state index in [-0.39, 0.29) is 11.3 Å². The van der Waals surface area contributed by atoms with Gasteiger partial charge in [0.2, 0.25) is 21.6 Å². The summed E-state index contributed by atoms with van der Waals surface area (Å²) in [5.41, 5.74) is 3.54. The third kappa shape index (κ3) is 3.87. The van der Waals surface area contributed by atoms with Gasteiger partial charge >= 0.3 is 5.22 Å². The summed E-state index contributed by atoms with van der Waals surface area (Å²) in [6.07, 6.45) is 0.706. The predicted molar refractivity (Wildman–Crippen MR) is 113 cm³/mol. The summed E-state index contributed by atoms with van der Waals surface area (Å²) in [5, 5.41) is 7.01. The Morgan fingerprint density at radius 2 is 1.77 bits per heavy atom. The van der Waals surface area contributed by atoms with Crippen molar-refractivity contribution in [2.75, 3.05) is 17.2 Å². The molecule has 0 radical (unpaired) electrons. The Labute approximate surface area is 175 Å². The average Bonchev–Trinajstić information content (AvgIpc) is 3.35. The molecule has 0 saturated heterocycles. The second-order valence-electron chi connectivity index (χ2n) is 8.38. The number of anilines is 1. The van der Waals surface area contributed by atoms with Gasteiger partial charge in [0.25, 0.3) is 0 Å². The Kier molecular flexibility index (Phi) is 4.97. The van der Waals surface area contributed by atoms with E-state index in [0.29, 0.717) is 18.5 Å². The minimum absolute atomic E-state index is 0.00355. The van der Waals surface area contributed by atoms with Crippen molar-refractivity contribution >= 4 is 21.4 Å². The first-order valence-electron chi connectivity index (χ1n) is 9.70.